The van der Waals surface area contributed by atoms with E-state index in [1.165, 1.54) is 4.90 Å². The number of thiocarbonyl (C=S) groups is 1. The quantitative estimate of drug-likeness (QED) is 0.207. The SMILES string of the molecule is CCOc1ccc(N2C(=O)/C(=C/c3cn(Cc4ccccc4Cl)c4ccc(Br)cc34)NC2=S)cc1. The summed E-state index contributed by atoms with van der Waals surface area (Å²) in [5, 5.41) is 5.15. The van der Waals surface area contributed by atoms with Crippen molar-refractivity contribution in [2.45, 2.75) is 13.5 Å². The van der Waals surface area contributed by atoms with Crippen molar-refractivity contribution in [3.05, 3.63) is 99.2 Å². The molecule has 1 N–H and O–H groups in total. The molecule has 3 aromatic carbocycles. The maximum atomic E-state index is 13.3. The van der Waals surface area contributed by atoms with Crippen molar-refractivity contribution in [1.29, 1.82) is 0 Å². The van der Waals surface area contributed by atoms with E-state index in [0.717, 1.165) is 37.3 Å². The molecule has 0 saturated carbocycles. The van der Waals surface area contributed by atoms with E-state index in [1.807, 2.05) is 79.9 Å². The van der Waals surface area contributed by atoms with Crippen molar-refractivity contribution in [3.8, 4) is 5.75 Å². The maximum absolute atomic E-state index is 13.3. The number of anilines is 1. The lowest BCUT2D eigenvalue weighted by Crippen LogP contribution is -2.30. The summed E-state index contributed by atoms with van der Waals surface area (Å²) in [7, 11) is 0. The van der Waals surface area contributed by atoms with Crippen LogP contribution in [-0.2, 0) is 11.3 Å². The molecule has 8 heteroatoms. The summed E-state index contributed by atoms with van der Waals surface area (Å²) in [5.41, 5.74) is 4.06. The first-order chi connectivity index (χ1) is 16.9. The molecule has 0 bridgehead atoms. The third-order valence-corrected chi connectivity index (χ3v) is 6.90. The smallest absolute Gasteiger partial charge is 0.281 e. The van der Waals surface area contributed by atoms with Gasteiger partial charge in [0.25, 0.3) is 5.91 Å². The third-order valence-electron chi connectivity index (χ3n) is 5.76. The van der Waals surface area contributed by atoms with Crippen molar-refractivity contribution in [1.82, 2.24) is 9.88 Å². The fourth-order valence-corrected chi connectivity index (χ4v) is 4.99. The van der Waals surface area contributed by atoms with Crippen LogP contribution in [0.25, 0.3) is 17.0 Å². The molecule has 0 unspecified atom stereocenters. The molecule has 1 amide bonds. The number of carbonyl (C=O) groups is 1. The molecule has 0 atom stereocenters. The minimum Gasteiger partial charge on any atom is -0.494 e. The number of carbonyl (C=O) groups excluding carboxylic acids is 1. The molecule has 5 rings (SSSR count). The number of benzene rings is 3. The molecule has 5 nitrogen and oxygen atoms in total. The lowest BCUT2D eigenvalue weighted by Gasteiger charge is -2.14. The molecule has 0 aliphatic carbocycles. The lowest BCUT2D eigenvalue weighted by molar-refractivity contribution is -0.113. The number of aromatic nitrogens is 1. The predicted molar refractivity (Wildman–Crippen MR) is 149 cm³/mol. The normalized spacial score (nSPS) is 14.7. The third kappa shape index (κ3) is 4.72. The Morgan fingerprint density at radius 3 is 2.63 bits per heavy atom. The largest absolute Gasteiger partial charge is 0.494 e. The highest BCUT2D eigenvalue weighted by Gasteiger charge is 2.32. The van der Waals surface area contributed by atoms with Gasteiger partial charge in [-0.2, -0.15) is 0 Å². The Hall–Kier alpha value is -3.13. The second-order valence-electron chi connectivity index (χ2n) is 8.02. The lowest BCUT2D eigenvalue weighted by atomic mass is 10.1. The molecule has 0 radical (unpaired) electrons. The second-order valence-corrected chi connectivity index (χ2v) is 9.73. The Morgan fingerprint density at radius 2 is 1.89 bits per heavy atom. The standard InChI is InChI=1S/C27H21BrClN3O2S/c1-2-34-21-10-8-20(9-11-21)32-26(33)24(30-27(32)35)13-18-16-31(15-17-5-3-4-6-23(17)29)25-12-7-19(28)14-22(18)25/h3-14,16H,2,15H2,1H3,(H,30,35)/b24-13-. The van der Waals surface area contributed by atoms with Crippen LogP contribution in [0.1, 0.15) is 18.1 Å². The Kier molecular flexibility index (Phi) is 6.65. The van der Waals surface area contributed by atoms with Crippen molar-refractivity contribution in [2.75, 3.05) is 11.5 Å². The molecule has 2 heterocycles. The summed E-state index contributed by atoms with van der Waals surface area (Å²) in [4.78, 5) is 14.8. The van der Waals surface area contributed by atoms with Crippen molar-refractivity contribution < 1.29 is 9.53 Å². The number of rotatable bonds is 6. The van der Waals surface area contributed by atoms with Crippen LogP contribution < -0.4 is 15.0 Å². The molecule has 176 valence electrons. The highest BCUT2D eigenvalue weighted by Crippen LogP contribution is 2.30. The van der Waals surface area contributed by atoms with Gasteiger partial charge in [-0.15, -0.1) is 0 Å². The average Bonchev–Trinajstić information content (AvgIpc) is 3.32. The number of nitrogens with one attached hydrogen (secondary N) is 1. The number of fused-ring (bicyclic) bond motifs is 1. The van der Waals surface area contributed by atoms with Gasteiger partial charge in [0.15, 0.2) is 5.11 Å². The highest BCUT2D eigenvalue weighted by molar-refractivity contribution is 9.10. The average molecular weight is 567 g/mol. The van der Waals surface area contributed by atoms with Crippen molar-refractivity contribution in [3.63, 3.8) is 0 Å². The van der Waals surface area contributed by atoms with Gasteiger partial charge in [-0.05, 0) is 79.3 Å². The van der Waals surface area contributed by atoms with E-state index in [9.17, 15) is 4.79 Å². The number of amides is 1. The molecule has 1 saturated heterocycles. The van der Waals surface area contributed by atoms with Crippen LogP contribution in [0, 0.1) is 0 Å². The molecule has 4 aromatic rings. The zero-order chi connectivity index (χ0) is 24.5. The van der Waals surface area contributed by atoms with Crippen LogP contribution in [0.5, 0.6) is 5.75 Å². The van der Waals surface area contributed by atoms with E-state index in [-0.39, 0.29) is 5.91 Å². The van der Waals surface area contributed by atoms with Crippen LogP contribution in [-0.4, -0.2) is 22.2 Å². The first-order valence-electron chi connectivity index (χ1n) is 11.1. The Labute approximate surface area is 222 Å². The minimum atomic E-state index is -0.207. The summed E-state index contributed by atoms with van der Waals surface area (Å²) in [6, 6.07) is 21.2. The fourth-order valence-electron chi connectivity index (χ4n) is 4.14. The molecule has 0 spiro atoms. The number of hydrogen-bond acceptors (Lipinski definition) is 3. The maximum Gasteiger partial charge on any atom is 0.281 e. The summed E-state index contributed by atoms with van der Waals surface area (Å²) < 4.78 is 8.59. The van der Waals surface area contributed by atoms with Crippen molar-refractivity contribution in [2.24, 2.45) is 0 Å². The topological polar surface area (TPSA) is 46.5 Å². The molecule has 35 heavy (non-hydrogen) atoms. The molecule has 1 aliphatic heterocycles. The molecule has 1 aromatic heterocycles. The molecule has 1 fully saturated rings. The second kappa shape index (κ2) is 9.85. The zero-order valence-corrected chi connectivity index (χ0v) is 22.0. The Balaban J connectivity index is 1.51. The Bertz CT molecular complexity index is 1480. The fraction of sp³-hybridized carbons (Fsp3) is 0.111. The first kappa shape index (κ1) is 23.6. The van der Waals surface area contributed by atoms with Crippen LogP contribution in [0.3, 0.4) is 0 Å². The first-order valence-corrected chi connectivity index (χ1v) is 12.6. The van der Waals surface area contributed by atoms with E-state index in [4.69, 9.17) is 28.6 Å². The van der Waals surface area contributed by atoms with Crippen LogP contribution in [0.15, 0.2) is 83.1 Å². The minimum absolute atomic E-state index is 0.207. The number of ether oxygens (including phenoxy) is 1. The summed E-state index contributed by atoms with van der Waals surface area (Å²) in [5.74, 6) is 0.538. The van der Waals surface area contributed by atoms with Gasteiger partial charge in [0.2, 0.25) is 0 Å². The molecular formula is C27H21BrClN3O2S. The van der Waals surface area contributed by atoms with Gasteiger partial charge >= 0.3 is 0 Å². The van der Waals surface area contributed by atoms with Gasteiger partial charge in [-0.1, -0.05) is 45.7 Å². The van der Waals surface area contributed by atoms with Gasteiger partial charge < -0.3 is 14.6 Å². The zero-order valence-electron chi connectivity index (χ0n) is 18.8. The van der Waals surface area contributed by atoms with Gasteiger partial charge in [0.1, 0.15) is 11.4 Å². The molecule has 1 aliphatic rings. The number of halogens is 2. The van der Waals surface area contributed by atoms with Crippen LogP contribution in [0.2, 0.25) is 5.02 Å². The van der Waals surface area contributed by atoms with E-state index in [0.29, 0.717) is 29.6 Å². The summed E-state index contributed by atoms with van der Waals surface area (Å²) in [6.07, 6.45) is 3.88. The predicted octanol–water partition coefficient (Wildman–Crippen LogP) is 6.77. The molecular weight excluding hydrogens is 546 g/mol. The summed E-state index contributed by atoms with van der Waals surface area (Å²) >= 11 is 15.5. The Morgan fingerprint density at radius 1 is 1.11 bits per heavy atom. The van der Waals surface area contributed by atoms with Gasteiger partial charge in [-0.3, -0.25) is 9.69 Å². The van der Waals surface area contributed by atoms with Gasteiger partial charge in [-0.25, -0.2) is 0 Å². The van der Waals surface area contributed by atoms with Crippen LogP contribution >= 0.6 is 39.7 Å². The van der Waals surface area contributed by atoms with E-state index >= 15 is 0 Å². The van der Waals surface area contributed by atoms with E-state index in [2.05, 4.69) is 31.9 Å². The monoisotopic (exact) mass is 565 g/mol. The van der Waals surface area contributed by atoms with Crippen molar-refractivity contribution >= 4 is 73.4 Å². The number of hydrogen-bond donors (Lipinski definition) is 1. The van der Waals surface area contributed by atoms with Gasteiger partial charge in [0, 0.05) is 38.7 Å². The summed E-state index contributed by atoms with van der Waals surface area (Å²) in [6.45, 7) is 3.12. The van der Waals surface area contributed by atoms with E-state index < -0.39 is 0 Å². The van der Waals surface area contributed by atoms with E-state index in [1.54, 1.807) is 0 Å². The van der Waals surface area contributed by atoms with Crippen LogP contribution in [0.4, 0.5) is 5.69 Å². The number of nitrogens with zero attached hydrogens (tertiary/aromatic N) is 2. The van der Waals surface area contributed by atoms with Gasteiger partial charge in [0.05, 0.1) is 12.3 Å². The highest BCUT2D eigenvalue weighted by atomic mass is 79.9.